The van der Waals surface area contributed by atoms with Gasteiger partial charge in [0, 0.05) is 11.8 Å². The lowest BCUT2D eigenvalue weighted by Gasteiger charge is -2.13. The van der Waals surface area contributed by atoms with Crippen LogP contribution in [0.5, 0.6) is 11.5 Å². The van der Waals surface area contributed by atoms with Crippen LogP contribution in [-0.2, 0) is 14.3 Å². The summed E-state index contributed by atoms with van der Waals surface area (Å²) in [4.78, 5) is 48.2. The number of carbonyl (C=O) groups excluding carboxylic acids is 4. The van der Waals surface area contributed by atoms with Gasteiger partial charge in [-0.1, -0.05) is 6.07 Å². The summed E-state index contributed by atoms with van der Waals surface area (Å²) in [6.07, 6.45) is -1.12. The molecular formula is C24H23N3O7S. The van der Waals surface area contributed by atoms with Crippen LogP contribution in [0, 0.1) is 0 Å². The zero-order valence-electron chi connectivity index (χ0n) is 18.9. The highest BCUT2D eigenvalue weighted by atomic mass is 32.1. The number of benzene rings is 2. The van der Waals surface area contributed by atoms with E-state index in [1.165, 1.54) is 44.4 Å². The molecule has 3 amide bonds. The number of ether oxygens (including phenoxy) is 3. The van der Waals surface area contributed by atoms with Crippen molar-refractivity contribution in [1.82, 2.24) is 0 Å². The molecule has 1 heterocycles. The molecule has 0 saturated heterocycles. The van der Waals surface area contributed by atoms with Gasteiger partial charge in [0.2, 0.25) is 0 Å². The number of hydrogen-bond acceptors (Lipinski definition) is 8. The van der Waals surface area contributed by atoms with Crippen LogP contribution in [0.15, 0.2) is 60.0 Å². The molecule has 0 unspecified atom stereocenters. The van der Waals surface area contributed by atoms with E-state index in [2.05, 4.69) is 10.6 Å². The first-order valence-electron chi connectivity index (χ1n) is 10.3. The Morgan fingerprint density at radius 3 is 2.43 bits per heavy atom. The number of primary amides is 1. The van der Waals surface area contributed by atoms with Crippen molar-refractivity contribution in [1.29, 1.82) is 0 Å². The van der Waals surface area contributed by atoms with Gasteiger partial charge in [0.05, 0.1) is 18.2 Å². The summed E-state index contributed by atoms with van der Waals surface area (Å²) in [5.41, 5.74) is 6.19. The third kappa shape index (κ3) is 7.05. The fourth-order valence-corrected chi connectivity index (χ4v) is 3.63. The third-order valence-corrected chi connectivity index (χ3v) is 5.46. The lowest BCUT2D eigenvalue weighted by atomic mass is 10.2. The molecule has 182 valence electrons. The number of carbonyl (C=O) groups is 4. The van der Waals surface area contributed by atoms with Gasteiger partial charge in [0.25, 0.3) is 17.7 Å². The second-order valence-electron chi connectivity index (χ2n) is 7.16. The Hall–Kier alpha value is -4.38. The van der Waals surface area contributed by atoms with Crippen molar-refractivity contribution < 1.29 is 33.4 Å². The molecule has 10 nitrogen and oxygen atoms in total. The quantitative estimate of drug-likeness (QED) is 0.365. The molecule has 1 atom stereocenters. The van der Waals surface area contributed by atoms with E-state index in [0.717, 1.165) is 11.3 Å². The zero-order valence-corrected chi connectivity index (χ0v) is 19.7. The van der Waals surface area contributed by atoms with Crippen LogP contribution in [0.25, 0.3) is 0 Å². The molecular weight excluding hydrogens is 474 g/mol. The predicted molar refractivity (Wildman–Crippen MR) is 130 cm³/mol. The van der Waals surface area contributed by atoms with Gasteiger partial charge in [-0.15, -0.1) is 11.3 Å². The molecule has 2 aromatic carbocycles. The Balaban J connectivity index is 1.49. The number of esters is 1. The minimum Gasteiger partial charge on any atom is -0.497 e. The maximum absolute atomic E-state index is 12.4. The Bertz CT molecular complexity index is 1220. The summed E-state index contributed by atoms with van der Waals surface area (Å²) in [6, 6.07) is 14.3. The van der Waals surface area contributed by atoms with Crippen molar-refractivity contribution in [3.63, 3.8) is 0 Å². The summed E-state index contributed by atoms with van der Waals surface area (Å²) in [6.45, 7) is 1.16. The topological polar surface area (TPSA) is 146 Å². The van der Waals surface area contributed by atoms with Gasteiger partial charge in [0.15, 0.2) is 12.7 Å². The van der Waals surface area contributed by atoms with E-state index in [1.54, 1.807) is 29.6 Å². The smallest absolute Gasteiger partial charge is 0.338 e. The highest BCUT2D eigenvalue weighted by Crippen LogP contribution is 2.23. The highest BCUT2D eigenvalue weighted by Gasteiger charge is 2.21. The van der Waals surface area contributed by atoms with E-state index in [9.17, 15) is 19.2 Å². The van der Waals surface area contributed by atoms with Crippen LogP contribution in [0.3, 0.4) is 0 Å². The van der Waals surface area contributed by atoms with Crippen LogP contribution in [0.2, 0.25) is 0 Å². The minimum atomic E-state index is -1.12. The standard InChI is InChI=1S/C24H23N3O7S/c1-14(22(30)27-23-19(21(25)29)10-11-35-23)34-24(31)15-6-8-17(9-7-15)33-13-20(28)26-16-4-3-5-18(12-16)32-2/h3-12,14H,13H2,1-2H3,(H2,25,29)(H,26,28)(H,27,30)/t14-/m1/s1. The number of nitrogens with two attached hydrogens (primary N) is 1. The van der Waals surface area contributed by atoms with E-state index in [-0.39, 0.29) is 28.6 Å². The Kier molecular flexibility index (Phi) is 8.41. The van der Waals surface area contributed by atoms with Gasteiger partial charge in [-0.2, -0.15) is 0 Å². The average Bonchev–Trinajstić information content (AvgIpc) is 3.31. The highest BCUT2D eigenvalue weighted by molar-refractivity contribution is 7.14. The lowest BCUT2D eigenvalue weighted by molar-refractivity contribution is -0.123. The number of hydrogen-bond donors (Lipinski definition) is 3. The number of amides is 3. The molecule has 0 aliphatic rings. The van der Waals surface area contributed by atoms with Crippen LogP contribution >= 0.6 is 11.3 Å². The molecule has 11 heteroatoms. The van der Waals surface area contributed by atoms with Crippen LogP contribution in [0.4, 0.5) is 10.7 Å². The molecule has 0 bridgehead atoms. The van der Waals surface area contributed by atoms with Crippen LogP contribution < -0.4 is 25.8 Å². The Labute approximate surface area is 205 Å². The van der Waals surface area contributed by atoms with Crippen molar-refractivity contribution in [2.45, 2.75) is 13.0 Å². The number of anilines is 2. The molecule has 0 spiro atoms. The molecule has 0 aliphatic heterocycles. The van der Waals surface area contributed by atoms with E-state index >= 15 is 0 Å². The van der Waals surface area contributed by atoms with Gasteiger partial charge in [-0.25, -0.2) is 4.79 Å². The summed E-state index contributed by atoms with van der Waals surface area (Å²) < 4.78 is 15.7. The summed E-state index contributed by atoms with van der Waals surface area (Å²) >= 11 is 1.13. The van der Waals surface area contributed by atoms with E-state index in [1.807, 2.05) is 0 Å². The lowest BCUT2D eigenvalue weighted by Crippen LogP contribution is -2.30. The first kappa shape index (κ1) is 25.2. The Morgan fingerprint density at radius 2 is 1.74 bits per heavy atom. The van der Waals surface area contributed by atoms with Crippen molar-refractivity contribution in [3.05, 3.63) is 71.1 Å². The van der Waals surface area contributed by atoms with Gasteiger partial charge < -0.3 is 30.6 Å². The van der Waals surface area contributed by atoms with E-state index in [4.69, 9.17) is 19.9 Å². The van der Waals surface area contributed by atoms with Crippen LogP contribution in [0.1, 0.15) is 27.6 Å². The van der Waals surface area contributed by atoms with Crippen LogP contribution in [-0.4, -0.2) is 43.5 Å². The number of rotatable bonds is 10. The largest absolute Gasteiger partial charge is 0.497 e. The summed E-state index contributed by atoms with van der Waals surface area (Å²) in [7, 11) is 1.53. The maximum atomic E-state index is 12.4. The Morgan fingerprint density at radius 1 is 1.00 bits per heavy atom. The van der Waals surface area contributed by atoms with E-state index < -0.39 is 23.9 Å². The van der Waals surface area contributed by atoms with Crippen molar-refractivity contribution in [2.75, 3.05) is 24.4 Å². The second-order valence-corrected chi connectivity index (χ2v) is 8.07. The fourth-order valence-electron chi connectivity index (χ4n) is 2.83. The number of methoxy groups -OCH3 is 1. The molecule has 0 fully saturated rings. The fraction of sp³-hybridized carbons (Fsp3) is 0.167. The molecule has 1 aromatic heterocycles. The molecule has 0 radical (unpaired) electrons. The minimum absolute atomic E-state index is 0.176. The van der Waals surface area contributed by atoms with Crippen molar-refractivity contribution in [3.8, 4) is 11.5 Å². The van der Waals surface area contributed by atoms with Gasteiger partial charge in [-0.3, -0.25) is 14.4 Å². The maximum Gasteiger partial charge on any atom is 0.338 e. The molecule has 3 rings (SSSR count). The third-order valence-electron chi connectivity index (χ3n) is 4.63. The average molecular weight is 498 g/mol. The van der Waals surface area contributed by atoms with Gasteiger partial charge in [0.1, 0.15) is 16.5 Å². The van der Waals surface area contributed by atoms with Crippen molar-refractivity contribution >= 4 is 45.7 Å². The van der Waals surface area contributed by atoms with Gasteiger partial charge >= 0.3 is 5.97 Å². The molecule has 3 aromatic rings. The monoisotopic (exact) mass is 497 g/mol. The van der Waals surface area contributed by atoms with E-state index in [0.29, 0.717) is 17.2 Å². The normalized spacial score (nSPS) is 11.1. The molecule has 4 N–H and O–H groups in total. The molecule has 0 aliphatic carbocycles. The SMILES string of the molecule is COc1cccc(NC(=O)COc2ccc(C(=O)O[C@H](C)C(=O)Nc3sccc3C(N)=O)cc2)c1. The van der Waals surface area contributed by atoms with Gasteiger partial charge in [-0.05, 0) is 54.8 Å². The summed E-state index contributed by atoms with van der Waals surface area (Å²) in [5, 5.41) is 7.11. The summed E-state index contributed by atoms with van der Waals surface area (Å²) in [5.74, 6) is -1.40. The first-order chi connectivity index (χ1) is 16.8. The van der Waals surface area contributed by atoms with Crippen molar-refractivity contribution in [2.24, 2.45) is 5.73 Å². The molecule has 35 heavy (non-hydrogen) atoms. The number of nitrogens with one attached hydrogen (secondary N) is 2. The molecule has 0 saturated carbocycles. The second kappa shape index (κ2) is 11.7. The predicted octanol–water partition coefficient (Wildman–Crippen LogP) is 3.06. The number of thiophene rings is 1. The zero-order chi connectivity index (χ0) is 25.4. The first-order valence-corrected chi connectivity index (χ1v) is 11.2.